The molecular formula is C12H13BrO. The molecule has 0 fully saturated rings. The third kappa shape index (κ3) is 2.25. The second-order valence-corrected chi connectivity index (χ2v) is 4.55. The van der Waals surface area contributed by atoms with Crippen molar-refractivity contribution >= 4 is 15.9 Å². The Kier molecular flexibility index (Phi) is 3.04. The van der Waals surface area contributed by atoms with Crippen molar-refractivity contribution in [2.45, 2.75) is 19.4 Å². The summed E-state index contributed by atoms with van der Waals surface area (Å²) in [6.45, 7) is 2.87. The third-order valence-corrected chi connectivity index (χ3v) is 2.96. The SMILES string of the molecule is CC1=CCC(c2ccc(Br)cc2)OC1. The molecule has 0 aromatic heterocycles. The summed E-state index contributed by atoms with van der Waals surface area (Å²) < 4.78 is 6.85. The molecule has 0 bridgehead atoms. The highest BCUT2D eigenvalue weighted by Gasteiger charge is 2.14. The molecule has 0 saturated carbocycles. The smallest absolute Gasteiger partial charge is 0.0863 e. The summed E-state index contributed by atoms with van der Waals surface area (Å²) in [5, 5.41) is 0. The first-order valence-electron chi connectivity index (χ1n) is 4.78. The molecule has 1 heterocycles. The monoisotopic (exact) mass is 252 g/mol. The van der Waals surface area contributed by atoms with Gasteiger partial charge in [0.2, 0.25) is 0 Å². The van der Waals surface area contributed by atoms with Crippen molar-refractivity contribution in [3.05, 3.63) is 46.0 Å². The van der Waals surface area contributed by atoms with E-state index in [1.54, 1.807) is 0 Å². The standard InChI is InChI=1S/C12H13BrO/c1-9-2-7-12(14-8-9)10-3-5-11(13)6-4-10/h2-6,12H,7-8H2,1H3. The first-order chi connectivity index (χ1) is 6.75. The molecule has 74 valence electrons. The first kappa shape index (κ1) is 9.94. The molecule has 14 heavy (non-hydrogen) atoms. The second kappa shape index (κ2) is 4.28. The molecule has 1 aliphatic rings. The highest BCUT2D eigenvalue weighted by atomic mass is 79.9. The minimum Gasteiger partial charge on any atom is -0.369 e. The maximum absolute atomic E-state index is 5.73. The molecule has 0 radical (unpaired) electrons. The number of halogens is 1. The van der Waals surface area contributed by atoms with Gasteiger partial charge in [0.1, 0.15) is 0 Å². The van der Waals surface area contributed by atoms with E-state index >= 15 is 0 Å². The largest absolute Gasteiger partial charge is 0.369 e. The van der Waals surface area contributed by atoms with Crippen LogP contribution in [0.1, 0.15) is 25.0 Å². The quantitative estimate of drug-likeness (QED) is 0.690. The predicted octanol–water partition coefficient (Wildman–Crippen LogP) is 3.86. The molecule has 1 aromatic rings. The molecule has 2 rings (SSSR count). The Bertz CT molecular complexity index is 340. The van der Waals surface area contributed by atoms with E-state index in [9.17, 15) is 0 Å². The third-order valence-electron chi connectivity index (χ3n) is 2.43. The van der Waals surface area contributed by atoms with Crippen LogP contribution in [0.5, 0.6) is 0 Å². The summed E-state index contributed by atoms with van der Waals surface area (Å²) >= 11 is 3.43. The van der Waals surface area contributed by atoms with Gasteiger partial charge in [-0.1, -0.05) is 39.7 Å². The van der Waals surface area contributed by atoms with E-state index in [1.165, 1.54) is 11.1 Å². The minimum absolute atomic E-state index is 0.242. The molecule has 1 aliphatic heterocycles. The van der Waals surface area contributed by atoms with Crippen molar-refractivity contribution in [1.82, 2.24) is 0 Å². The van der Waals surface area contributed by atoms with Gasteiger partial charge in [-0.3, -0.25) is 0 Å². The fourth-order valence-corrected chi connectivity index (χ4v) is 1.84. The lowest BCUT2D eigenvalue weighted by atomic mass is 10.0. The van der Waals surface area contributed by atoms with Crippen molar-refractivity contribution in [2.75, 3.05) is 6.61 Å². The number of ether oxygens (including phenoxy) is 1. The van der Waals surface area contributed by atoms with Gasteiger partial charge in [-0.05, 0) is 31.0 Å². The lowest BCUT2D eigenvalue weighted by molar-refractivity contribution is 0.0617. The zero-order valence-corrected chi connectivity index (χ0v) is 9.75. The minimum atomic E-state index is 0.242. The summed E-state index contributed by atoms with van der Waals surface area (Å²) in [4.78, 5) is 0. The van der Waals surface area contributed by atoms with Crippen molar-refractivity contribution in [3.63, 3.8) is 0 Å². The van der Waals surface area contributed by atoms with Crippen LogP contribution in [0.4, 0.5) is 0 Å². The highest BCUT2D eigenvalue weighted by Crippen LogP contribution is 2.27. The van der Waals surface area contributed by atoms with Crippen molar-refractivity contribution in [2.24, 2.45) is 0 Å². The van der Waals surface area contributed by atoms with Gasteiger partial charge < -0.3 is 4.74 Å². The highest BCUT2D eigenvalue weighted by molar-refractivity contribution is 9.10. The van der Waals surface area contributed by atoms with Crippen LogP contribution in [0.15, 0.2) is 40.4 Å². The van der Waals surface area contributed by atoms with E-state index < -0.39 is 0 Å². The van der Waals surface area contributed by atoms with Crippen LogP contribution in [0, 0.1) is 0 Å². The Balaban J connectivity index is 2.13. The predicted molar refractivity (Wildman–Crippen MR) is 61.2 cm³/mol. The Morgan fingerprint density at radius 3 is 2.57 bits per heavy atom. The van der Waals surface area contributed by atoms with E-state index in [-0.39, 0.29) is 6.10 Å². The molecule has 0 spiro atoms. The van der Waals surface area contributed by atoms with Crippen molar-refractivity contribution < 1.29 is 4.74 Å². The topological polar surface area (TPSA) is 9.23 Å². The van der Waals surface area contributed by atoms with Crippen LogP contribution in [0.25, 0.3) is 0 Å². The lowest BCUT2D eigenvalue weighted by Gasteiger charge is -2.21. The molecule has 0 N–H and O–H groups in total. The van der Waals surface area contributed by atoms with Crippen molar-refractivity contribution in [3.8, 4) is 0 Å². The Hall–Kier alpha value is -0.600. The molecule has 2 heteroatoms. The van der Waals surface area contributed by atoms with Gasteiger partial charge in [-0.2, -0.15) is 0 Å². The van der Waals surface area contributed by atoms with E-state index in [0.29, 0.717) is 0 Å². The summed E-state index contributed by atoms with van der Waals surface area (Å²) in [5.41, 5.74) is 2.59. The molecule has 0 saturated heterocycles. The van der Waals surface area contributed by atoms with Crippen LogP contribution in [0.2, 0.25) is 0 Å². The zero-order chi connectivity index (χ0) is 9.97. The van der Waals surface area contributed by atoms with Gasteiger partial charge in [0.05, 0.1) is 12.7 Å². The van der Waals surface area contributed by atoms with Gasteiger partial charge in [0.25, 0.3) is 0 Å². The van der Waals surface area contributed by atoms with Crippen LogP contribution in [-0.2, 0) is 4.74 Å². The van der Waals surface area contributed by atoms with E-state index in [2.05, 4.69) is 53.2 Å². The molecule has 1 atom stereocenters. The molecule has 1 unspecified atom stereocenters. The fraction of sp³-hybridized carbons (Fsp3) is 0.333. The molecule has 0 amide bonds. The van der Waals surface area contributed by atoms with Crippen LogP contribution < -0.4 is 0 Å². The van der Waals surface area contributed by atoms with Gasteiger partial charge in [0.15, 0.2) is 0 Å². The number of hydrogen-bond acceptors (Lipinski definition) is 1. The van der Waals surface area contributed by atoms with E-state index in [4.69, 9.17) is 4.74 Å². The Labute approximate surface area is 92.9 Å². The normalized spacial score (nSPS) is 21.9. The number of hydrogen-bond donors (Lipinski definition) is 0. The molecule has 0 aliphatic carbocycles. The van der Waals surface area contributed by atoms with Gasteiger partial charge in [-0.25, -0.2) is 0 Å². The van der Waals surface area contributed by atoms with Crippen LogP contribution in [-0.4, -0.2) is 6.61 Å². The maximum atomic E-state index is 5.73. The van der Waals surface area contributed by atoms with Gasteiger partial charge in [-0.15, -0.1) is 0 Å². The molecule has 1 aromatic carbocycles. The summed E-state index contributed by atoms with van der Waals surface area (Å²) in [6, 6.07) is 8.35. The fourth-order valence-electron chi connectivity index (χ4n) is 1.58. The lowest BCUT2D eigenvalue weighted by Crippen LogP contribution is -2.10. The molecular weight excluding hydrogens is 240 g/mol. The summed E-state index contributed by atoms with van der Waals surface area (Å²) in [5.74, 6) is 0. The van der Waals surface area contributed by atoms with Crippen LogP contribution in [0.3, 0.4) is 0 Å². The van der Waals surface area contributed by atoms with Gasteiger partial charge >= 0.3 is 0 Å². The van der Waals surface area contributed by atoms with Crippen molar-refractivity contribution in [1.29, 1.82) is 0 Å². The summed E-state index contributed by atoms with van der Waals surface area (Å²) in [6.07, 6.45) is 3.50. The number of benzene rings is 1. The van der Waals surface area contributed by atoms with Gasteiger partial charge in [0, 0.05) is 4.47 Å². The van der Waals surface area contributed by atoms with Crippen LogP contribution >= 0.6 is 15.9 Å². The van der Waals surface area contributed by atoms with E-state index in [1.807, 2.05) is 0 Å². The Morgan fingerprint density at radius 1 is 1.29 bits per heavy atom. The molecule has 1 nitrogen and oxygen atoms in total. The zero-order valence-electron chi connectivity index (χ0n) is 8.16. The average molecular weight is 253 g/mol. The second-order valence-electron chi connectivity index (χ2n) is 3.64. The number of rotatable bonds is 1. The maximum Gasteiger partial charge on any atom is 0.0863 e. The van der Waals surface area contributed by atoms with E-state index in [0.717, 1.165) is 17.5 Å². The Morgan fingerprint density at radius 2 is 2.00 bits per heavy atom. The summed E-state index contributed by atoms with van der Waals surface area (Å²) in [7, 11) is 0. The average Bonchev–Trinajstić information content (AvgIpc) is 2.21. The first-order valence-corrected chi connectivity index (χ1v) is 5.58.